The van der Waals surface area contributed by atoms with Gasteiger partial charge in [0.15, 0.2) is 0 Å². The van der Waals surface area contributed by atoms with Crippen LogP contribution in [0.5, 0.6) is 5.75 Å². The summed E-state index contributed by atoms with van der Waals surface area (Å²) >= 11 is 1.64. The van der Waals surface area contributed by atoms with Gasteiger partial charge in [-0.3, -0.25) is 14.4 Å². The molecule has 8 nitrogen and oxygen atoms in total. The highest BCUT2D eigenvalue weighted by Crippen LogP contribution is 2.71. The summed E-state index contributed by atoms with van der Waals surface area (Å²) in [4.78, 5) is 43.5. The molecule has 5 rings (SSSR count). The molecule has 3 aliphatic rings. The van der Waals surface area contributed by atoms with E-state index in [2.05, 4.69) is 17.6 Å². The molecule has 0 aliphatic carbocycles. The molecule has 3 heterocycles. The van der Waals surface area contributed by atoms with Crippen LogP contribution < -0.4 is 15.4 Å². The number of anilines is 2. The van der Waals surface area contributed by atoms with E-state index in [1.807, 2.05) is 51.1 Å². The summed E-state index contributed by atoms with van der Waals surface area (Å²) in [7, 11) is 0. The maximum Gasteiger partial charge on any atom is 0.248 e. The van der Waals surface area contributed by atoms with E-state index in [4.69, 9.17) is 4.74 Å². The van der Waals surface area contributed by atoms with Crippen LogP contribution in [0.15, 0.2) is 42.5 Å². The van der Waals surface area contributed by atoms with Crippen molar-refractivity contribution in [1.82, 2.24) is 4.90 Å². The first-order chi connectivity index (χ1) is 18.6. The summed E-state index contributed by atoms with van der Waals surface area (Å²) in [5, 5.41) is 15.7. The van der Waals surface area contributed by atoms with Gasteiger partial charge in [-0.1, -0.05) is 12.1 Å². The standard InChI is InChI=1S/C30H37N3O5S/c1-5-38-21-11-9-20(10-12-21)31-26(35)23-24-28(37)33(15-6-16-34)25(30(24)14-13-29(23,4)39-30)27(36)32-22-17-18(2)7-8-19(22)3/h7-12,17,23-25,34H,5-6,13-16H2,1-4H3,(H,31,35)(H,32,36)/t23-,24+,25?,29+,30?/m1/s1. The van der Waals surface area contributed by atoms with E-state index in [0.717, 1.165) is 29.0 Å². The zero-order valence-electron chi connectivity index (χ0n) is 23.0. The number of rotatable bonds is 9. The molecule has 2 aromatic rings. The minimum Gasteiger partial charge on any atom is -0.494 e. The van der Waals surface area contributed by atoms with Crippen molar-refractivity contribution in [3.05, 3.63) is 53.6 Å². The minimum absolute atomic E-state index is 0.0840. The topological polar surface area (TPSA) is 108 Å². The molecule has 2 aromatic carbocycles. The van der Waals surface area contributed by atoms with E-state index >= 15 is 0 Å². The van der Waals surface area contributed by atoms with Gasteiger partial charge in [-0.2, -0.15) is 0 Å². The number of nitrogens with one attached hydrogen (secondary N) is 2. The number of aryl methyl sites for hydroxylation is 2. The quantitative estimate of drug-likeness (QED) is 0.432. The third-order valence-electron chi connectivity index (χ3n) is 8.45. The number of likely N-dealkylation sites (tertiary alicyclic amines) is 1. The Morgan fingerprint density at radius 1 is 1.10 bits per heavy atom. The Morgan fingerprint density at radius 2 is 1.85 bits per heavy atom. The number of nitrogens with zero attached hydrogens (tertiary/aromatic N) is 1. The molecule has 3 N–H and O–H groups in total. The minimum atomic E-state index is -0.725. The van der Waals surface area contributed by atoms with Crippen molar-refractivity contribution in [3.63, 3.8) is 0 Å². The molecule has 2 unspecified atom stereocenters. The average molecular weight is 552 g/mol. The highest BCUT2D eigenvalue weighted by Gasteiger charge is 2.77. The summed E-state index contributed by atoms with van der Waals surface area (Å²) < 4.78 is 4.34. The van der Waals surface area contributed by atoms with Crippen molar-refractivity contribution < 1.29 is 24.2 Å². The molecule has 3 fully saturated rings. The van der Waals surface area contributed by atoms with Gasteiger partial charge >= 0.3 is 0 Å². The molecule has 3 amide bonds. The van der Waals surface area contributed by atoms with Crippen LogP contribution in [0.2, 0.25) is 0 Å². The van der Waals surface area contributed by atoms with Crippen molar-refractivity contribution >= 4 is 40.9 Å². The molecule has 3 aliphatic heterocycles. The molecule has 0 aromatic heterocycles. The van der Waals surface area contributed by atoms with Crippen LogP contribution in [0, 0.1) is 25.7 Å². The Hall–Kier alpha value is -3.04. The van der Waals surface area contributed by atoms with Gasteiger partial charge < -0.3 is 25.4 Å². The second-order valence-corrected chi connectivity index (χ2v) is 13.0. The van der Waals surface area contributed by atoms with Crippen LogP contribution in [0.1, 0.15) is 44.2 Å². The number of hydrogen-bond donors (Lipinski definition) is 3. The van der Waals surface area contributed by atoms with Crippen molar-refractivity contribution in [2.24, 2.45) is 11.8 Å². The number of carbonyl (C=O) groups is 3. The third kappa shape index (κ3) is 4.69. The summed E-state index contributed by atoms with van der Waals surface area (Å²) in [5.74, 6) is -1.08. The third-order valence-corrected chi connectivity index (χ3v) is 10.4. The number of carbonyl (C=O) groups excluding carboxylic acids is 3. The maximum atomic E-state index is 14.0. The molecular formula is C30H37N3O5S. The lowest BCUT2D eigenvalue weighted by Crippen LogP contribution is -2.52. The number of aliphatic hydroxyl groups excluding tert-OH is 1. The second kappa shape index (κ2) is 10.5. The average Bonchev–Trinajstić information content (AvgIpc) is 3.46. The Balaban J connectivity index is 1.46. The lowest BCUT2D eigenvalue weighted by atomic mass is 9.66. The molecule has 1 spiro atoms. The van der Waals surface area contributed by atoms with Crippen molar-refractivity contribution in [1.29, 1.82) is 0 Å². The highest BCUT2D eigenvalue weighted by molar-refractivity contribution is 8.02. The van der Waals surface area contributed by atoms with Crippen molar-refractivity contribution in [2.45, 2.75) is 62.5 Å². The number of ether oxygens (including phenoxy) is 1. The van der Waals surface area contributed by atoms with E-state index in [0.29, 0.717) is 25.1 Å². The molecule has 3 saturated heterocycles. The van der Waals surface area contributed by atoms with E-state index in [1.54, 1.807) is 28.8 Å². The van der Waals surface area contributed by atoms with Gasteiger partial charge in [-0.05, 0) is 88.4 Å². The Kier molecular flexibility index (Phi) is 7.41. The summed E-state index contributed by atoms with van der Waals surface area (Å²) in [6.45, 7) is 8.62. The second-order valence-electron chi connectivity index (χ2n) is 11.1. The highest BCUT2D eigenvalue weighted by atomic mass is 32.2. The number of thioether (sulfide) groups is 1. The van der Waals surface area contributed by atoms with Crippen LogP contribution in [-0.4, -0.2) is 63.0 Å². The van der Waals surface area contributed by atoms with Crippen molar-refractivity contribution in [2.75, 3.05) is 30.4 Å². The van der Waals surface area contributed by atoms with Gasteiger partial charge in [0.2, 0.25) is 17.7 Å². The van der Waals surface area contributed by atoms with E-state index < -0.39 is 27.4 Å². The van der Waals surface area contributed by atoms with Gasteiger partial charge in [0, 0.05) is 29.3 Å². The summed E-state index contributed by atoms with van der Waals surface area (Å²) in [6.07, 6.45) is 1.79. The van der Waals surface area contributed by atoms with Crippen LogP contribution in [0.3, 0.4) is 0 Å². The van der Waals surface area contributed by atoms with Crippen LogP contribution in [0.4, 0.5) is 11.4 Å². The predicted octanol–water partition coefficient (Wildman–Crippen LogP) is 4.14. The molecular weight excluding hydrogens is 514 g/mol. The molecule has 39 heavy (non-hydrogen) atoms. The monoisotopic (exact) mass is 551 g/mol. The summed E-state index contributed by atoms with van der Waals surface area (Å²) in [6, 6.07) is 12.4. The van der Waals surface area contributed by atoms with Gasteiger partial charge in [-0.15, -0.1) is 11.8 Å². The first kappa shape index (κ1) is 27.5. The van der Waals surface area contributed by atoms with Crippen LogP contribution in [0.25, 0.3) is 0 Å². The smallest absolute Gasteiger partial charge is 0.248 e. The fourth-order valence-electron chi connectivity index (χ4n) is 6.70. The SMILES string of the molecule is CCOc1ccc(NC(=O)[C@H]2[C@H]3C(=O)N(CCCO)C(C(=O)Nc4cc(C)ccc4C)C34CC[C@]2(C)S4)cc1. The molecule has 5 atom stereocenters. The number of hydrogen-bond acceptors (Lipinski definition) is 6. The summed E-state index contributed by atoms with van der Waals surface area (Å²) in [5.41, 5.74) is 3.34. The van der Waals surface area contributed by atoms with E-state index in [1.165, 1.54) is 0 Å². The number of amides is 3. The number of benzene rings is 2. The normalized spacial score (nSPS) is 28.9. The van der Waals surface area contributed by atoms with Gasteiger partial charge in [0.05, 0.1) is 23.2 Å². The molecule has 0 radical (unpaired) electrons. The fourth-order valence-corrected chi connectivity index (χ4v) is 9.06. The zero-order valence-corrected chi connectivity index (χ0v) is 23.8. The Labute approximate surface area is 233 Å². The first-order valence-electron chi connectivity index (χ1n) is 13.7. The fraction of sp³-hybridized carbons (Fsp3) is 0.500. The Bertz CT molecular complexity index is 1280. The largest absolute Gasteiger partial charge is 0.494 e. The lowest BCUT2D eigenvalue weighted by Gasteiger charge is -2.35. The van der Waals surface area contributed by atoms with E-state index in [9.17, 15) is 19.5 Å². The van der Waals surface area contributed by atoms with Crippen LogP contribution in [-0.2, 0) is 14.4 Å². The van der Waals surface area contributed by atoms with Crippen LogP contribution >= 0.6 is 11.8 Å². The maximum absolute atomic E-state index is 14.0. The molecule has 208 valence electrons. The van der Waals surface area contributed by atoms with Gasteiger partial charge in [-0.25, -0.2) is 0 Å². The lowest BCUT2D eigenvalue weighted by molar-refractivity contribution is -0.139. The zero-order chi connectivity index (χ0) is 27.9. The number of fused-ring (bicyclic) bond motifs is 1. The molecule has 2 bridgehead atoms. The Morgan fingerprint density at radius 3 is 2.54 bits per heavy atom. The van der Waals surface area contributed by atoms with E-state index in [-0.39, 0.29) is 30.9 Å². The van der Waals surface area contributed by atoms with Crippen molar-refractivity contribution in [3.8, 4) is 5.75 Å². The van der Waals surface area contributed by atoms with Gasteiger partial charge in [0.1, 0.15) is 11.8 Å². The van der Waals surface area contributed by atoms with Gasteiger partial charge in [0.25, 0.3) is 0 Å². The first-order valence-corrected chi connectivity index (χ1v) is 14.5. The predicted molar refractivity (Wildman–Crippen MR) is 153 cm³/mol. The molecule has 0 saturated carbocycles. The number of aliphatic hydroxyl groups is 1. The molecule has 9 heteroatoms.